The first-order chi connectivity index (χ1) is 10.0. The third kappa shape index (κ3) is 4.75. The van der Waals surface area contributed by atoms with Crippen molar-refractivity contribution in [2.24, 2.45) is 0 Å². The molecule has 2 aromatic carbocycles. The maximum atomic E-state index is 11.9. The second-order valence-corrected chi connectivity index (χ2v) is 5.81. The molecule has 0 bridgehead atoms. The lowest BCUT2D eigenvalue weighted by Crippen LogP contribution is -2.12. The first-order valence-electron chi connectivity index (χ1n) is 7.50. The summed E-state index contributed by atoms with van der Waals surface area (Å²) in [5, 5.41) is 2.93. The zero-order valence-electron chi connectivity index (χ0n) is 13.0. The Balaban J connectivity index is 1.84. The molecule has 0 aliphatic carbocycles. The van der Waals surface area contributed by atoms with Crippen LogP contribution in [0.25, 0.3) is 0 Å². The molecule has 0 saturated heterocycles. The summed E-state index contributed by atoms with van der Waals surface area (Å²) in [5.41, 5.74) is 4.60. The maximum Gasteiger partial charge on any atom is 0.224 e. The van der Waals surface area contributed by atoms with E-state index in [2.05, 4.69) is 43.4 Å². The number of aryl methyl sites for hydroxylation is 2. The first kappa shape index (κ1) is 15.3. The SMILES string of the molecule is Cc1ccc(NC(=O)CCc2ccc(C(C)C)cc2)cc1. The molecule has 2 aromatic rings. The maximum absolute atomic E-state index is 11.9. The Hall–Kier alpha value is -2.09. The largest absolute Gasteiger partial charge is 0.326 e. The van der Waals surface area contributed by atoms with E-state index in [0.717, 1.165) is 12.1 Å². The highest BCUT2D eigenvalue weighted by Gasteiger charge is 2.04. The van der Waals surface area contributed by atoms with Gasteiger partial charge in [-0.15, -0.1) is 0 Å². The van der Waals surface area contributed by atoms with Crippen LogP contribution in [0.4, 0.5) is 5.69 Å². The van der Waals surface area contributed by atoms with Crippen LogP contribution in [-0.2, 0) is 11.2 Å². The summed E-state index contributed by atoms with van der Waals surface area (Å²) in [6, 6.07) is 16.4. The fourth-order valence-electron chi connectivity index (χ4n) is 2.19. The van der Waals surface area contributed by atoms with Crippen LogP contribution in [0.15, 0.2) is 48.5 Å². The average Bonchev–Trinajstić information content (AvgIpc) is 2.48. The first-order valence-corrected chi connectivity index (χ1v) is 7.50. The molecule has 0 aliphatic rings. The number of nitrogens with one attached hydrogen (secondary N) is 1. The number of amides is 1. The molecule has 21 heavy (non-hydrogen) atoms. The highest BCUT2D eigenvalue weighted by molar-refractivity contribution is 5.90. The van der Waals surface area contributed by atoms with Crippen molar-refractivity contribution in [3.8, 4) is 0 Å². The van der Waals surface area contributed by atoms with Gasteiger partial charge in [0.15, 0.2) is 0 Å². The van der Waals surface area contributed by atoms with Gasteiger partial charge in [-0.3, -0.25) is 4.79 Å². The molecule has 0 radical (unpaired) electrons. The van der Waals surface area contributed by atoms with Gasteiger partial charge >= 0.3 is 0 Å². The van der Waals surface area contributed by atoms with Crippen molar-refractivity contribution in [1.29, 1.82) is 0 Å². The van der Waals surface area contributed by atoms with Crippen LogP contribution in [0, 0.1) is 6.92 Å². The van der Waals surface area contributed by atoms with Gasteiger partial charge in [0, 0.05) is 12.1 Å². The smallest absolute Gasteiger partial charge is 0.224 e. The van der Waals surface area contributed by atoms with E-state index in [1.165, 1.54) is 16.7 Å². The molecule has 1 N–H and O–H groups in total. The van der Waals surface area contributed by atoms with E-state index in [9.17, 15) is 4.79 Å². The number of hydrogen-bond donors (Lipinski definition) is 1. The second-order valence-electron chi connectivity index (χ2n) is 5.81. The van der Waals surface area contributed by atoms with Gasteiger partial charge in [-0.1, -0.05) is 55.8 Å². The molecule has 110 valence electrons. The van der Waals surface area contributed by atoms with Crippen LogP contribution < -0.4 is 5.32 Å². The quantitative estimate of drug-likeness (QED) is 0.846. The van der Waals surface area contributed by atoms with Crippen LogP contribution in [-0.4, -0.2) is 5.91 Å². The van der Waals surface area contributed by atoms with Crippen molar-refractivity contribution in [3.63, 3.8) is 0 Å². The molecular formula is C19H23NO. The molecule has 0 heterocycles. The van der Waals surface area contributed by atoms with Gasteiger partial charge in [-0.25, -0.2) is 0 Å². The summed E-state index contributed by atoms with van der Waals surface area (Å²) in [4.78, 5) is 11.9. The number of rotatable bonds is 5. The summed E-state index contributed by atoms with van der Waals surface area (Å²) in [6.07, 6.45) is 1.28. The Morgan fingerprint density at radius 1 is 1.00 bits per heavy atom. The zero-order valence-corrected chi connectivity index (χ0v) is 13.0. The van der Waals surface area contributed by atoms with E-state index in [0.29, 0.717) is 12.3 Å². The third-order valence-electron chi connectivity index (χ3n) is 3.62. The van der Waals surface area contributed by atoms with Crippen molar-refractivity contribution in [2.45, 2.75) is 39.5 Å². The third-order valence-corrected chi connectivity index (χ3v) is 3.62. The second kappa shape index (κ2) is 7.07. The minimum Gasteiger partial charge on any atom is -0.326 e. The Bertz CT molecular complexity index is 582. The van der Waals surface area contributed by atoms with Crippen LogP contribution in [0.3, 0.4) is 0 Å². The van der Waals surface area contributed by atoms with Gasteiger partial charge in [-0.05, 0) is 42.5 Å². The topological polar surface area (TPSA) is 29.1 Å². The van der Waals surface area contributed by atoms with Crippen molar-refractivity contribution in [2.75, 3.05) is 5.32 Å². The van der Waals surface area contributed by atoms with E-state index in [1.807, 2.05) is 31.2 Å². The molecule has 2 rings (SSSR count). The molecule has 0 unspecified atom stereocenters. The lowest BCUT2D eigenvalue weighted by Gasteiger charge is -2.08. The summed E-state index contributed by atoms with van der Waals surface area (Å²) >= 11 is 0. The van der Waals surface area contributed by atoms with Gasteiger partial charge in [0.1, 0.15) is 0 Å². The minimum absolute atomic E-state index is 0.0618. The van der Waals surface area contributed by atoms with E-state index in [1.54, 1.807) is 0 Å². The fourth-order valence-corrected chi connectivity index (χ4v) is 2.19. The Morgan fingerprint density at radius 2 is 1.62 bits per heavy atom. The van der Waals surface area contributed by atoms with Crippen LogP contribution in [0.5, 0.6) is 0 Å². The Morgan fingerprint density at radius 3 is 2.19 bits per heavy atom. The number of anilines is 1. The zero-order chi connectivity index (χ0) is 15.2. The van der Waals surface area contributed by atoms with Crippen molar-refractivity contribution in [3.05, 3.63) is 65.2 Å². The average molecular weight is 281 g/mol. The highest BCUT2D eigenvalue weighted by Crippen LogP contribution is 2.16. The van der Waals surface area contributed by atoms with Crippen LogP contribution >= 0.6 is 0 Å². The minimum atomic E-state index is 0.0618. The molecule has 2 heteroatoms. The standard InChI is InChI=1S/C19H23NO/c1-14(2)17-9-6-16(7-10-17)8-13-19(21)20-18-11-4-15(3)5-12-18/h4-7,9-12,14H,8,13H2,1-3H3,(H,20,21). The molecule has 0 saturated carbocycles. The van der Waals surface area contributed by atoms with Crippen molar-refractivity contribution < 1.29 is 4.79 Å². The van der Waals surface area contributed by atoms with Gasteiger partial charge < -0.3 is 5.32 Å². The van der Waals surface area contributed by atoms with Crippen molar-refractivity contribution in [1.82, 2.24) is 0 Å². The molecule has 0 aromatic heterocycles. The van der Waals surface area contributed by atoms with Crippen LogP contribution in [0.1, 0.15) is 42.9 Å². The van der Waals surface area contributed by atoms with Gasteiger partial charge in [0.25, 0.3) is 0 Å². The summed E-state index contributed by atoms with van der Waals surface area (Å²) in [5.74, 6) is 0.607. The lowest BCUT2D eigenvalue weighted by molar-refractivity contribution is -0.116. The molecule has 0 fully saturated rings. The molecule has 2 nitrogen and oxygen atoms in total. The normalized spacial score (nSPS) is 10.7. The van der Waals surface area contributed by atoms with Gasteiger partial charge in [-0.2, -0.15) is 0 Å². The Labute approximate surface area is 127 Å². The monoisotopic (exact) mass is 281 g/mol. The molecule has 1 amide bonds. The van der Waals surface area contributed by atoms with Gasteiger partial charge in [0.2, 0.25) is 5.91 Å². The van der Waals surface area contributed by atoms with E-state index >= 15 is 0 Å². The number of carbonyl (C=O) groups is 1. The van der Waals surface area contributed by atoms with Crippen LogP contribution in [0.2, 0.25) is 0 Å². The summed E-state index contributed by atoms with van der Waals surface area (Å²) < 4.78 is 0. The molecule has 0 aliphatic heterocycles. The Kier molecular flexibility index (Phi) is 5.15. The molecule has 0 atom stereocenters. The van der Waals surface area contributed by atoms with E-state index < -0.39 is 0 Å². The van der Waals surface area contributed by atoms with Crippen molar-refractivity contribution >= 4 is 11.6 Å². The van der Waals surface area contributed by atoms with Gasteiger partial charge in [0.05, 0.1) is 0 Å². The summed E-state index contributed by atoms with van der Waals surface area (Å²) in [6.45, 7) is 6.40. The predicted molar refractivity (Wildman–Crippen MR) is 88.7 cm³/mol. The van der Waals surface area contributed by atoms with E-state index in [4.69, 9.17) is 0 Å². The number of hydrogen-bond acceptors (Lipinski definition) is 1. The molecule has 0 spiro atoms. The van der Waals surface area contributed by atoms with E-state index in [-0.39, 0.29) is 5.91 Å². The fraction of sp³-hybridized carbons (Fsp3) is 0.316. The predicted octanol–water partition coefficient (Wildman–Crippen LogP) is 4.69. The summed E-state index contributed by atoms with van der Waals surface area (Å²) in [7, 11) is 0. The number of benzene rings is 2. The molecular weight excluding hydrogens is 258 g/mol. The highest BCUT2D eigenvalue weighted by atomic mass is 16.1. The lowest BCUT2D eigenvalue weighted by atomic mass is 10.0. The number of carbonyl (C=O) groups excluding carboxylic acids is 1.